The lowest BCUT2D eigenvalue weighted by molar-refractivity contribution is 0.0697. The van der Waals surface area contributed by atoms with Gasteiger partial charge in [-0.3, -0.25) is 0 Å². The minimum absolute atomic E-state index is 0.277. The lowest BCUT2D eigenvalue weighted by Gasteiger charge is -2.30. The third kappa shape index (κ3) is 7.51. The normalized spacial score (nSPS) is 12.9. The Hall–Kier alpha value is -4.09. The van der Waals surface area contributed by atoms with E-state index in [-0.39, 0.29) is 5.92 Å². The molecule has 0 saturated carbocycles. The van der Waals surface area contributed by atoms with Gasteiger partial charge in [0.25, 0.3) is 0 Å². The van der Waals surface area contributed by atoms with Crippen molar-refractivity contribution in [1.29, 1.82) is 0 Å². The predicted molar refractivity (Wildman–Crippen MR) is 177 cm³/mol. The van der Waals surface area contributed by atoms with E-state index in [4.69, 9.17) is 0 Å². The number of carboxylic acid groups (broad SMARTS) is 1. The van der Waals surface area contributed by atoms with E-state index >= 15 is 0 Å². The Morgan fingerprint density at radius 2 is 1.48 bits per heavy atom. The van der Waals surface area contributed by atoms with Crippen LogP contribution in [0.3, 0.4) is 0 Å². The largest absolute Gasteiger partial charge is 0.478 e. The molecule has 5 heteroatoms. The SMILES string of the molecule is CC(C)=C(C)c1cc(C(C)(C)NCc2ccc(F)c(F)c2)ccc1C(C)C(C)Cc1ccc(-c2ccccc2C(=O)O)cc1. The fourth-order valence-corrected chi connectivity index (χ4v) is 5.61. The predicted octanol–water partition coefficient (Wildman–Crippen LogP) is 10.2. The van der Waals surface area contributed by atoms with Crippen molar-refractivity contribution in [2.24, 2.45) is 5.92 Å². The van der Waals surface area contributed by atoms with Crippen LogP contribution < -0.4 is 5.32 Å². The number of hydrogen-bond donors (Lipinski definition) is 2. The number of benzene rings is 4. The molecule has 0 amide bonds. The molecule has 0 spiro atoms. The summed E-state index contributed by atoms with van der Waals surface area (Å²) in [6.07, 6.45) is 0.887. The molecule has 0 aliphatic carbocycles. The summed E-state index contributed by atoms with van der Waals surface area (Å²) < 4.78 is 27.2. The van der Waals surface area contributed by atoms with Crippen LogP contribution in [0.2, 0.25) is 0 Å². The average molecular weight is 596 g/mol. The molecular weight excluding hydrogens is 552 g/mol. The van der Waals surface area contributed by atoms with Crippen LogP contribution in [0, 0.1) is 17.6 Å². The molecule has 4 rings (SSSR count). The second-order valence-electron chi connectivity index (χ2n) is 12.7. The van der Waals surface area contributed by atoms with Gasteiger partial charge in [-0.15, -0.1) is 0 Å². The van der Waals surface area contributed by atoms with Crippen molar-refractivity contribution < 1.29 is 18.7 Å². The Bertz CT molecular complexity index is 1670. The van der Waals surface area contributed by atoms with E-state index in [2.05, 4.69) is 84.1 Å². The van der Waals surface area contributed by atoms with E-state index in [9.17, 15) is 18.7 Å². The Kier molecular flexibility index (Phi) is 10.2. The molecule has 2 N–H and O–H groups in total. The van der Waals surface area contributed by atoms with Gasteiger partial charge in [0, 0.05) is 12.1 Å². The third-order valence-corrected chi connectivity index (χ3v) is 8.97. The summed E-state index contributed by atoms with van der Waals surface area (Å²) in [7, 11) is 0. The molecule has 0 aliphatic heterocycles. The van der Waals surface area contributed by atoms with Crippen molar-refractivity contribution in [3.8, 4) is 11.1 Å². The van der Waals surface area contributed by atoms with Crippen LogP contribution in [0.5, 0.6) is 0 Å². The smallest absolute Gasteiger partial charge is 0.336 e. The first-order valence-corrected chi connectivity index (χ1v) is 15.2. The molecule has 0 heterocycles. The summed E-state index contributed by atoms with van der Waals surface area (Å²) in [5, 5.41) is 13.1. The van der Waals surface area contributed by atoms with Gasteiger partial charge in [-0.2, -0.15) is 0 Å². The molecule has 2 unspecified atom stereocenters. The van der Waals surface area contributed by atoms with Crippen molar-refractivity contribution in [3.05, 3.63) is 136 Å². The van der Waals surface area contributed by atoms with Crippen molar-refractivity contribution in [2.75, 3.05) is 0 Å². The van der Waals surface area contributed by atoms with Gasteiger partial charge in [-0.1, -0.05) is 80.1 Å². The molecule has 0 bridgehead atoms. The topological polar surface area (TPSA) is 49.3 Å². The first-order valence-electron chi connectivity index (χ1n) is 15.2. The molecular formula is C39H43F2NO2. The van der Waals surface area contributed by atoms with Gasteiger partial charge in [0.1, 0.15) is 0 Å². The van der Waals surface area contributed by atoms with Gasteiger partial charge < -0.3 is 10.4 Å². The van der Waals surface area contributed by atoms with Crippen LogP contribution >= 0.6 is 0 Å². The average Bonchev–Trinajstić information content (AvgIpc) is 3.00. The van der Waals surface area contributed by atoms with E-state index in [0.717, 1.165) is 23.1 Å². The molecule has 0 fully saturated rings. The van der Waals surface area contributed by atoms with Crippen LogP contribution in [-0.4, -0.2) is 11.1 Å². The number of carboxylic acids is 1. The number of nitrogens with one attached hydrogen (secondary N) is 1. The molecule has 44 heavy (non-hydrogen) atoms. The molecule has 0 radical (unpaired) electrons. The molecule has 0 aliphatic rings. The Balaban J connectivity index is 1.55. The maximum Gasteiger partial charge on any atom is 0.336 e. The van der Waals surface area contributed by atoms with Crippen molar-refractivity contribution in [3.63, 3.8) is 0 Å². The Labute approximate surface area is 260 Å². The maximum absolute atomic E-state index is 13.8. The molecule has 4 aromatic rings. The lowest BCUT2D eigenvalue weighted by Crippen LogP contribution is -2.36. The summed E-state index contributed by atoms with van der Waals surface area (Å²) in [5.74, 6) is -1.98. The van der Waals surface area contributed by atoms with Crippen molar-refractivity contribution in [1.82, 2.24) is 5.32 Å². The summed E-state index contributed by atoms with van der Waals surface area (Å²) in [4.78, 5) is 11.7. The quantitative estimate of drug-likeness (QED) is 0.181. The van der Waals surface area contributed by atoms with E-state index in [1.165, 1.54) is 40.0 Å². The van der Waals surface area contributed by atoms with Crippen molar-refractivity contribution in [2.45, 2.75) is 72.9 Å². The van der Waals surface area contributed by atoms with Gasteiger partial charge >= 0.3 is 5.97 Å². The van der Waals surface area contributed by atoms with Gasteiger partial charge in [-0.05, 0) is 122 Å². The summed E-state index contributed by atoms with van der Waals surface area (Å²) >= 11 is 0. The minimum Gasteiger partial charge on any atom is -0.478 e. The number of rotatable bonds is 11. The van der Waals surface area contributed by atoms with Gasteiger partial charge in [0.2, 0.25) is 0 Å². The second-order valence-corrected chi connectivity index (χ2v) is 12.7. The highest BCUT2D eigenvalue weighted by Gasteiger charge is 2.25. The third-order valence-electron chi connectivity index (χ3n) is 8.97. The summed E-state index contributed by atoms with van der Waals surface area (Å²) in [5.41, 5.74) is 9.56. The minimum atomic E-state index is -0.928. The highest BCUT2D eigenvalue weighted by molar-refractivity contribution is 5.96. The first kappa shape index (κ1) is 32.8. The maximum atomic E-state index is 13.8. The Morgan fingerprint density at radius 1 is 0.818 bits per heavy atom. The van der Waals surface area contributed by atoms with Gasteiger partial charge in [0.15, 0.2) is 11.6 Å². The number of halogens is 2. The highest BCUT2D eigenvalue weighted by Crippen LogP contribution is 2.36. The van der Waals surface area contributed by atoms with Crippen LogP contribution in [-0.2, 0) is 18.5 Å². The van der Waals surface area contributed by atoms with E-state index < -0.39 is 23.1 Å². The standard InChI is InChI=1S/C39H43F2NO2/c1-24(2)26(4)35-22-31(39(6,7)42-23-29-14-19-36(40)37(41)21-29)17-18-32(35)27(5)25(3)20-28-12-15-30(16-13-28)33-10-8-9-11-34(33)38(43)44/h8-19,21-22,25,27,42H,20,23H2,1-7H3,(H,43,44). The lowest BCUT2D eigenvalue weighted by atomic mass is 9.79. The first-order chi connectivity index (χ1) is 20.8. The summed E-state index contributed by atoms with van der Waals surface area (Å²) in [6, 6.07) is 26.0. The molecule has 0 saturated heterocycles. The summed E-state index contributed by atoms with van der Waals surface area (Å²) in [6.45, 7) is 15.6. The van der Waals surface area contributed by atoms with Gasteiger partial charge in [0.05, 0.1) is 5.56 Å². The zero-order valence-electron chi connectivity index (χ0n) is 26.8. The fraction of sp³-hybridized carbons (Fsp3) is 0.308. The molecule has 230 valence electrons. The monoisotopic (exact) mass is 595 g/mol. The Morgan fingerprint density at radius 3 is 2.11 bits per heavy atom. The highest BCUT2D eigenvalue weighted by atomic mass is 19.2. The van der Waals surface area contributed by atoms with E-state index in [1.54, 1.807) is 18.2 Å². The van der Waals surface area contributed by atoms with Crippen LogP contribution in [0.1, 0.15) is 92.6 Å². The number of carbonyl (C=O) groups is 1. The molecule has 4 aromatic carbocycles. The molecule has 2 atom stereocenters. The van der Waals surface area contributed by atoms with E-state index in [1.807, 2.05) is 24.3 Å². The van der Waals surface area contributed by atoms with Crippen LogP contribution in [0.25, 0.3) is 16.7 Å². The zero-order chi connectivity index (χ0) is 32.2. The number of allylic oxidation sites excluding steroid dienone is 2. The molecule has 3 nitrogen and oxygen atoms in total. The van der Waals surface area contributed by atoms with Gasteiger partial charge in [-0.25, -0.2) is 13.6 Å². The van der Waals surface area contributed by atoms with Crippen LogP contribution in [0.4, 0.5) is 8.78 Å². The van der Waals surface area contributed by atoms with Crippen LogP contribution in [0.15, 0.2) is 90.5 Å². The van der Waals surface area contributed by atoms with Crippen molar-refractivity contribution >= 4 is 11.5 Å². The second kappa shape index (κ2) is 13.7. The fourth-order valence-electron chi connectivity index (χ4n) is 5.61. The zero-order valence-corrected chi connectivity index (χ0v) is 26.8. The number of hydrogen-bond acceptors (Lipinski definition) is 2. The van der Waals surface area contributed by atoms with E-state index in [0.29, 0.717) is 23.6 Å². The number of aromatic carboxylic acids is 1. The molecule has 0 aromatic heterocycles.